The molecule has 0 radical (unpaired) electrons. The molecule has 0 saturated carbocycles. The molecule has 2 aromatic rings. The number of rotatable bonds is 2. The molecular formula is C22H20O7. The summed E-state index contributed by atoms with van der Waals surface area (Å²) in [5.41, 5.74) is 0.696. The highest BCUT2D eigenvalue weighted by atomic mass is 16.3. The van der Waals surface area contributed by atoms with Gasteiger partial charge in [-0.05, 0) is 55.3 Å². The Labute approximate surface area is 166 Å². The maximum Gasteiger partial charge on any atom is 0.182 e. The van der Waals surface area contributed by atoms with Crippen LogP contribution in [0.25, 0.3) is 5.57 Å². The Morgan fingerprint density at radius 2 is 1.21 bits per heavy atom. The Bertz CT molecular complexity index is 1050. The van der Waals surface area contributed by atoms with Gasteiger partial charge in [0.2, 0.25) is 0 Å². The number of Topliss-reactive ketones (excluding diaryl/α,β-unsaturated/α-hetero) is 1. The number of aryl methyl sites for hydroxylation is 2. The van der Waals surface area contributed by atoms with Crippen LogP contribution in [0.2, 0.25) is 0 Å². The first kappa shape index (κ1) is 20.0. The van der Waals surface area contributed by atoms with Crippen LogP contribution in [0.5, 0.6) is 23.0 Å². The first-order chi connectivity index (χ1) is 13.6. The highest BCUT2D eigenvalue weighted by Gasteiger charge is 2.45. The van der Waals surface area contributed by atoms with Crippen LogP contribution in [-0.2, 0) is 9.59 Å². The average molecular weight is 396 g/mol. The summed E-state index contributed by atoms with van der Waals surface area (Å²) in [6.45, 7) is 3.32. The second kappa shape index (κ2) is 7.35. The van der Waals surface area contributed by atoms with Gasteiger partial charge in [-0.1, -0.05) is 6.08 Å². The number of aliphatic hydroxyl groups excluding tert-OH is 1. The molecule has 5 N–H and O–H groups in total. The fourth-order valence-corrected chi connectivity index (χ4v) is 3.25. The van der Waals surface area contributed by atoms with Crippen LogP contribution in [0.15, 0.2) is 42.2 Å². The van der Waals surface area contributed by atoms with Gasteiger partial charge in [0.05, 0.1) is 16.7 Å². The van der Waals surface area contributed by atoms with Crippen molar-refractivity contribution in [3.05, 3.63) is 64.4 Å². The van der Waals surface area contributed by atoms with Gasteiger partial charge in [-0.25, -0.2) is 0 Å². The quantitative estimate of drug-likeness (QED) is 0.526. The van der Waals surface area contributed by atoms with Crippen LogP contribution in [0.3, 0.4) is 0 Å². The van der Waals surface area contributed by atoms with E-state index in [9.17, 15) is 35.1 Å². The second-order valence-electron chi connectivity index (χ2n) is 7.03. The molecule has 7 heteroatoms. The Morgan fingerprint density at radius 1 is 0.793 bits per heavy atom. The summed E-state index contributed by atoms with van der Waals surface area (Å²) in [7, 11) is 0. The zero-order valence-corrected chi connectivity index (χ0v) is 15.8. The second-order valence-corrected chi connectivity index (χ2v) is 7.03. The van der Waals surface area contributed by atoms with E-state index in [-0.39, 0.29) is 45.5 Å². The van der Waals surface area contributed by atoms with E-state index in [1.807, 2.05) is 6.08 Å². The molecule has 0 aromatic heterocycles. The lowest BCUT2D eigenvalue weighted by Gasteiger charge is -2.30. The highest BCUT2D eigenvalue weighted by Crippen LogP contribution is 2.51. The molecule has 7 nitrogen and oxygen atoms in total. The van der Waals surface area contributed by atoms with Crippen LogP contribution in [-0.4, -0.2) is 37.1 Å². The first-order valence-corrected chi connectivity index (χ1v) is 8.84. The van der Waals surface area contributed by atoms with Crippen molar-refractivity contribution in [2.24, 2.45) is 0 Å². The molecule has 150 valence electrons. The van der Waals surface area contributed by atoms with Crippen molar-refractivity contribution in [2.75, 3.05) is 0 Å². The maximum absolute atomic E-state index is 12.5. The lowest BCUT2D eigenvalue weighted by Crippen LogP contribution is -2.28. The van der Waals surface area contributed by atoms with Gasteiger partial charge in [0.15, 0.2) is 11.6 Å². The number of hydrogen-bond donors (Lipinski definition) is 5. The third kappa shape index (κ3) is 3.54. The lowest BCUT2D eigenvalue weighted by molar-refractivity contribution is -0.117. The highest BCUT2D eigenvalue weighted by molar-refractivity contribution is 6.33. The topological polar surface area (TPSA) is 135 Å². The van der Waals surface area contributed by atoms with Crippen molar-refractivity contribution in [1.82, 2.24) is 0 Å². The van der Waals surface area contributed by atoms with Crippen molar-refractivity contribution in [1.29, 1.82) is 0 Å². The van der Waals surface area contributed by atoms with Crippen LogP contribution in [0.1, 0.15) is 34.6 Å². The number of phenolic OH excluding ortho intramolecular Hbond substituents is 4. The summed E-state index contributed by atoms with van der Waals surface area (Å²) in [4.78, 5) is 22.3. The predicted molar refractivity (Wildman–Crippen MR) is 105 cm³/mol. The molecule has 0 aliphatic heterocycles. The number of carbonyl (C=O) groups is 2. The van der Waals surface area contributed by atoms with E-state index in [0.29, 0.717) is 17.5 Å². The van der Waals surface area contributed by atoms with Gasteiger partial charge >= 0.3 is 0 Å². The van der Waals surface area contributed by atoms with Gasteiger partial charge in [0, 0.05) is 6.42 Å². The lowest BCUT2D eigenvalue weighted by atomic mass is 9.73. The van der Waals surface area contributed by atoms with Gasteiger partial charge in [0.25, 0.3) is 0 Å². The number of allylic oxidation sites excluding steroid dienone is 4. The Balaban J connectivity index is 0.000000419. The number of benzene rings is 2. The molecule has 2 aliphatic rings. The SMILES string of the molecule is Cc1cc(O)c(C2=C(O)C(c3c(O)cc(C)cc3O)C2=O)c(O)c1.O=C1C=CC1. The van der Waals surface area contributed by atoms with Crippen molar-refractivity contribution < 1.29 is 35.1 Å². The van der Waals surface area contributed by atoms with Gasteiger partial charge in [-0.2, -0.15) is 0 Å². The molecule has 0 amide bonds. The zero-order valence-electron chi connectivity index (χ0n) is 15.8. The number of phenols is 4. The van der Waals surface area contributed by atoms with E-state index in [1.165, 1.54) is 24.3 Å². The Hall–Kier alpha value is -3.74. The van der Waals surface area contributed by atoms with Crippen LogP contribution in [0, 0.1) is 13.8 Å². The maximum atomic E-state index is 12.5. The molecule has 4 rings (SSSR count). The summed E-state index contributed by atoms with van der Waals surface area (Å²) in [6.07, 6.45) is 4.10. The van der Waals surface area contributed by atoms with E-state index < -0.39 is 17.5 Å². The molecule has 0 spiro atoms. The minimum atomic E-state index is -1.24. The molecule has 2 aliphatic carbocycles. The van der Waals surface area contributed by atoms with Crippen molar-refractivity contribution in [3.8, 4) is 23.0 Å². The van der Waals surface area contributed by atoms with Gasteiger partial charge in [-0.15, -0.1) is 0 Å². The monoisotopic (exact) mass is 396 g/mol. The Morgan fingerprint density at radius 3 is 1.55 bits per heavy atom. The largest absolute Gasteiger partial charge is 0.510 e. The van der Waals surface area contributed by atoms with Gasteiger partial charge in [-0.3, -0.25) is 9.59 Å². The third-order valence-electron chi connectivity index (χ3n) is 4.72. The van der Waals surface area contributed by atoms with Crippen LogP contribution < -0.4 is 0 Å². The van der Waals surface area contributed by atoms with Crippen LogP contribution >= 0.6 is 0 Å². The molecule has 1 unspecified atom stereocenters. The molecule has 0 saturated heterocycles. The van der Waals surface area contributed by atoms with Crippen molar-refractivity contribution in [2.45, 2.75) is 26.2 Å². The fourth-order valence-electron chi connectivity index (χ4n) is 3.25. The number of aliphatic hydroxyl groups is 1. The van der Waals surface area contributed by atoms with Gasteiger partial charge in [0.1, 0.15) is 34.7 Å². The zero-order chi connectivity index (χ0) is 21.5. The van der Waals surface area contributed by atoms with Crippen molar-refractivity contribution in [3.63, 3.8) is 0 Å². The van der Waals surface area contributed by atoms with E-state index in [2.05, 4.69) is 0 Å². The number of hydrogen-bond acceptors (Lipinski definition) is 7. The summed E-state index contributed by atoms with van der Waals surface area (Å²) < 4.78 is 0. The molecule has 1 atom stereocenters. The summed E-state index contributed by atoms with van der Waals surface area (Å²) in [5, 5.41) is 50.3. The predicted octanol–water partition coefficient (Wildman–Crippen LogP) is 3.28. The van der Waals surface area contributed by atoms with E-state index in [1.54, 1.807) is 19.9 Å². The van der Waals surface area contributed by atoms with E-state index in [4.69, 9.17) is 0 Å². The molecule has 0 fully saturated rings. The third-order valence-corrected chi connectivity index (χ3v) is 4.72. The summed E-state index contributed by atoms with van der Waals surface area (Å²) >= 11 is 0. The smallest absolute Gasteiger partial charge is 0.182 e. The Kier molecular flexibility index (Phi) is 5.07. The number of aromatic hydroxyl groups is 4. The van der Waals surface area contributed by atoms with E-state index in [0.717, 1.165) is 0 Å². The molecule has 2 aromatic carbocycles. The summed E-state index contributed by atoms with van der Waals surface area (Å²) in [5.74, 6) is -3.31. The standard InChI is InChI=1S/C18H16O6.C4H4O/c1-7-3-9(19)13(10(20)4-7)15-17(23)16(18(15)24)14-11(21)5-8(2)6-12(14)22;5-4-2-1-3-4/h3-6,15,19-23H,1-2H3;1-2H,3H2. The summed E-state index contributed by atoms with van der Waals surface area (Å²) in [6, 6.07) is 5.45. The van der Waals surface area contributed by atoms with Crippen LogP contribution in [0.4, 0.5) is 0 Å². The molecule has 29 heavy (non-hydrogen) atoms. The minimum absolute atomic E-state index is 0.0991. The number of ketones is 2. The normalized spacial score (nSPS) is 17.4. The fraction of sp³-hybridized carbons (Fsp3) is 0.182. The molecule has 0 heterocycles. The minimum Gasteiger partial charge on any atom is -0.510 e. The van der Waals surface area contributed by atoms with Gasteiger partial charge < -0.3 is 25.5 Å². The van der Waals surface area contributed by atoms with E-state index >= 15 is 0 Å². The first-order valence-electron chi connectivity index (χ1n) is 8.84. The number of carbonyl (C=O) groups excluding carboxylic acids is 2. The van der Waals surface area contributed by atoms with Crippen molar-refractivity contribution >= 4 is 17.1 Å². The molecule has 0 bridgehead atoms. The average Bonchev–Trinajstić information content (AvgIpc) is 2.59. The molecular weight excluding hydrogens is 376 g/mol.